The summed E-state index contributed by atoms with van der Waals surface area (Å²) in [7, 11) is 0. The summed E-state index contributed by atoms with van der Waals surface area (Å²) in [5, 5.41) is 8.46. The van der Waals surface area contributed by atoms with Gasteiger partial charge >= 0.3 is 0 Å². The molecule has 1 saturated carbocycles. The van der Waals surface area contributed by atoms with E-state index < -0.39 is 22.5 Å². The summed E-state index contributed by atoms with van der Waals surface area (Å²) in [4.78, 5) is 38.7. The molecule has 2 aliphatic rings. The highest BCUT2D eigenvalue weighted by molar-refractivity contribution is 7.16. The molecule has 0 bridgehead atoms. The van der Waals surface area contributed by atoms with E-state index in [-0.39, 0.29) is 46.4 Å². The molecular weight excluding hydrogens is 544 g/mol. The van der Waals surface area contributed by atoms with Crippen molar-refractivity contribution in [1.29, 1.82) is 0 Å². The summed E-state index contributed by atoms with van der Waals surface area (Å²) in [6.45, 7) is 9.21. The van der Waals surface area contributed by atoms with Crippen LogP contribution in [-0.4, -0.2) is 55.8 Å². The third-order valence-corrected chi connectivity index (χ3v) is 9.33. The van der Waals surface area contributed by atoms with E-state index >= 15 is 0 Å². The molecule has 2 fully saturated rings. The smallest absolute Gasteiger partial charge is 0.194 e. The van der Waals surface area contributed by atoms with Gasteiger partial charge in [0.05, 0.1) is 0 Å². The van der Waals surface area contributed by atoms with Gasteiger partial charge in [-0.1, -0.05) is 44.4 Å². The fourth-order valence-corrected chi connectivity index (χ4v) is 7.22. The highest BCUT2D eigenvalue weighted by Crippen LogP contribution is 2.43. The lowest BCUT2D eigenvalue weighted by Crippen LogP contribution is -2.61. The van der Waals surface area contributed by atoms with Crippen LogP contribution in [-0.2, 0) is 10.2 Å². The zero-order valence-electron chi connectivity index (χ0n) is 24.2. The van der Waals surface area contributed by atoms with Gasteiger partial charge in [0.2, 0.25) is 0 Å². The Labute approximate surface area is 243 Å². The lowest BCUT2D eigenvalue weighted by atomic mass is 9.69. The molecule has 3 heterocycles. The predicted octanol–water partition coefficient (Wildman–Crippen LogP) is 6.42. The van der Waals surface area contributed by atoms with Crippen LogP contribution in [0.25, 0.3) is 10.6 Å². The Morgan fingerprint density at radius 3 is 2.34 bits per heavy atom. The molecule has 5 rings (SSSR count). The number of carbonyl (C=O) groups is 2. The molecule has 10 heteroatoms. The van der Waals surface area contributed by atoms with Gasteiger partial charge in [0, 0.05) is 72.2 Å². The fraction of sp³-hybridized carbons (Fsp3) is 0.548. The average molecular weight is 582 g/mol. The highest BCUT2D eigenvalue weighted by atomic mass is 32.1. The Hall–Kier alpha value is -2.98. The Morgan fingerprint density at radius 1 is 1.00 bits per heavy atom. The molecule has 7 nitrogen and oxygen atoms in total. The average Bonchev–Trinajstić information content (AvgIpc) is 3.37. The second kappa shape index (κ2) is 11.7. The number of halogens is 2. The topological polar surface area (TPSA) is 88.9 Å². The number of likely N-dealkylation sites (tertiary alicyclic amines) is 1. The minimum absolute atomic E-state index is 0.0835. The number of Topliss-reactive ketones (excluding diaryl/α,β-unsaturated/α-hetero) is 2. The van der Waals surface area contributed by atoms with Gasteiger partial charge in [-0.15, -0.1) is 10.2 Å². The van der Waals surface area contributed by atoms with Crippen molar-refractivity contribution in [3.8, 4) is 10.6 Å². The van der Waals surface area contributed by atoms with Gasteiger partial charge < -0.3 is 0 Å². The SMILES string of the molecule is Cc1cc(C)nc(C(C)(C)CC(=O)CC2(CC(=O)c3nnc(-c4ccc(F)cc4F)s3)CN(C3CCCCC3)C2)n1. The number of hydrogen-bond acceptors (Lipinski definition) is 8. The van der Waals surface area contributed by atoms with Crippen LogP contribution in [0.5, 0.6) is 0 Å². The number of aryl methyl sites for hydroxylation is 2. The molecule has 1 aliphatic heterocycles. The number of benzene rings is 1. The number of hydrogen-bond donors (Lipinski definition) is 0. The van der Waals surface area contributed by atoms with E-state index in [1.807, 2.05) is 33.8 Å². The number of ketones is 2. The maximum Gasteiger partial charge on any atom is 0.194 e. The molecule has 0 N–H and O–H groups in total. The van der Waals surface area contributed by atoms with Gasteiger partial charge in [-0.25, -0.2) is 18.7 Å². The van der Waals surface area contributed by atoms with Crippen LogP contribution in [0.2, 0.25) is 0 Å². The monoisotopic (exact) mass is 581 g/mol. The molecule has 41 heavy (non-hydrogen) atoms. The molecule has 1 saturated heterocycles. The molecule has 0 atom stereocenters. The molecule has 1 aromatic carbocycles. The van der Waals surface area contributed by atoms with Crippen molar-refractivity contribution in [2.45, 2.75) is 90.5 Å². The Morgan fingerprint density at radius 2 is 1.68 bits per heavy atom. The van der Waals surface area contributed by atoms with E-state index in [0.29, 0.717) is 25.0 Å². The van der Waals surface area contributed by atoms with Crippen LogP contribution >= 0.6 is 11.3 Å². The van der Waals surface area contributed by atoms with Crippen molar-refractivity contribution in [2.75, 3.05) is 13.1 Å². The van der Waals surface area contributed by atoms with Gasteiger partial charge in [0.25, 0.3) is 0 Å². The van der Waals surface area contributed by atoms with Gasteiger partial charge in [-0.3, -0.25) is 14.5 Å². The maximum atomic E-state index is 14.3. The second-order valence-electron chi connectivity index (χ2n) is 12.6. The predicted molar refractivity (Wildman–Crippen MR) is 154 cm³/mol. The summed E-state index contributed by atoms with van der Waals surface area (Å²) >= 11 is 0.998. The minimum atomic E-state index is -0.750. The molecule has 0 unspecified atom stereocenters. The van der Waals surface area contributed by atoms with Crippen LogP contribution in [0.1, 0.15) is 92.2 Å². The fourth-order valence-electron chi connectivity index (χ4n) is 6.41. The van der Waals surface area contributed by atoms with Crippen LogP contribution in [0.3, 0.4) is 0 Å². The van der Waals surface area contributed by atoms with E-state index in [4.69, 9.17) is 0 Å². The van der Waals surface area contributed by atoms with E-state index in [1.54, 1.807) is 0 Å². The standard InChI is InChI=1S/C31H37F2N5O2S/c1-19-12-20(2)35-29(34-19)30(3,4)14-23(39)15-31(17-38(18-31)22-8-6-5-7-9-22)16-26(40)28-37-36-27(41-28)24-11-10-21(32)13-25(24)33/h10-13,22H,5-9,14-18H2,1-4H3. The van der Waals surface area contributed by atoms with Crippen molar-refractivity contribution in [1.82, 2.24) is 25.1 Å². The first-order valence-electron chi connectivity index (χ1n) is 14.3. The number of rotatable bonds is 10. The summed E-state index contributed by atoms with van der Waals surface area (Å²) in [5.74, 6) is -0.900. The van der Waals surface area contributed by atoms with E-state index in [0.717, 1.165) is 47.7 Å². The van der Waals surface area contributed by atoms with Crippen molar-refractivity contribution >= 4 is 22.9 Å². The van der Waals surface area contributed by atoms with Crippen molar-refractivity contribution in [3.05, 3.63) is 58.1 Å². The minimum Gasteiger partial charge on any atom is -0.300 e. The zero-order valence-corrected chi connectivity index (χ0v) is 25.0. The lowest BCUT2D eigenvalue weighted by molar-refractivity contribution is -0.127. The Balaban J connectivity index is 1.32. The maximum absolute atomic E-state index is 14.3. The van der Waals surface area contributed by atoms with Gasteiger partial charge in [-0.2, -0.15) is 0 Å². The van der Waals surface area contributed by atoms with Crippen LogP contribution < -0.4 is 0 Å². The van der Waals surface area contributed by atoms with Gasteiger partial charge in [-0.05, 0) is 44.9 Å². The zero-order chi connectivity index (χ0) is 29.4. The van der Waals surface area contributed by atoms with E-state index in [1.165, 1.54) is 25.3 Å². The first-order chi connectivity index (χ1) is 19.4. The molecule has 1 aliphatic carbocycles. The largest absolute Gasteiger partial charge is 0.300 e. The van der Waals surface area contributed by atoms with Crippen LogP contribution in [0, 0.1) is 30.9 Å². The third-order valence-electron chi connectivity index (χ3n) is 8.33. The summed E-state index contributed by atoms with van der Waals surface area (Å²) < 4.78 is 27.7. The van der Waals surface area contributed by atoms with Crippen LogP contribution in [0.4, 0.5) is 8.78 Å². The van der Waals surface area contributed by atoms with Crippen molar-refractivity contribution in [2.24, 2.45) is 5.41 Å². The van der Waals surface area contributed by atoms with E-state index in [9.17, 15) is 18.4 Å². The molecule has 2 aromatic heterocycles. The molecule has 3 aromatic rings. The van der Waals surface area contributed by atoms with Crippen molar-refractivity contribution in [3.63, 3.8) is 0 Å². The van der Waals surface area contributed by atoms with Gasteiger partial charge in [0.15, 0.2) is 15.8 Å². The quantitative estimate of drug-likeness (QED) is 0.255. The Kier molecular flexibility index (Phi) is 8.43. The first kappa shape index (κ1) is 29.5. The van der Waals surface area contributed by atoms with Crippen LogP contribution in [0.15, 0.2) is 24.3 Å². The molecule has 0 amide bonds. The van der Waals surface area contributed by atoms with Gasteiger partial charge in [0.1, 0.15) is 23.2 Å². The van der Waals surface area contributed by atoms with Crippen molar-refractivity contribution < 1.29 is 18.4 Å². The lowest BCUT2D eigenvalue weighted by Gasteiger charge is -2.54. The first-order valence-corrected chi connectivity index (χ1v) is 15.2. The number of carbonyl (C=O) groups excluding carboxylic acids is 2. The van der Waals surface area contributed by atoms with E-state index in [2.05, 4.69) is 25.1 Å². The molecule has 0 radical (unpaired) electrons. The Bertz CT molecular complexity index is 1420. The molecule has 218 valence electrons. The molecular formula is C31H37F2N5O2S. The summed E-state index contributed by atoms with van der Waals surface area (Å²) in [6, 6.07) is 5.66. The number of aromatic nitrogens is 4. The third kappa shape index (κ3) is 6.75. The summed E-state index contributed by atoms with van der Waals surface area (Å²) in [5.41, 5.74) is 0.816. The highest BCUT2D eigenvalue weighted by Gasteiger charge is 2.48. The summed E-state index contributed by atoms with van der Waals surface area (Å²) in [6.07, 6.45) is 6.72. The molecule has 0 spiro atoms. The second-order valence-corrected chi connectivity index (χ2v) is 13.6. The number of nitrogens with zero attached hydrogens (tertiary/aromatic N) is 5. The normalized spacial score (nSPS) is 17.8.